The second kappa shape index (κ2) is 7.70. The van der Waals surface area contributed by atoms with Gasteiger partial charge >= 0.3 is 0 Å². The molecule has 0 aliphatic heterocycles. The average molecular weight is 311 g/mol. The molecule has 1 unspecified atom stereocenters. The van der Waals surface area contributed by atoms with Gasteiger partial charge in [-0.2, -0.15) is 0 Å². The Labute approximate surface area is 130 Å². The molecule has 108 valence electrons. The van der Waals surface area contributed by atoms with Crippen molar-refractivity contribution in [2.75, 3.05) is 0 Å². The predicted octanol–water partition coefficient (Wildman–Crippen LogP) is 5.24. The van der Waals surface area contributed by atoms with Gasteiger partial charge in [0.15, 0.2) is 0 Å². The van der Waals surface area contributed by atoms with E-state index in [-0.39, 0.29) is 0 Å². The number of halogens is 2. The summed E-state index contributed by atoms with van der Waals surface area (Å²) in [6.07, 6.45) is 10.4. The monoisotopic (exact) mass is 310 g/mol. The average Bonchev–Trinajstić information content (AvgIpc) is 2.92. The Morgan fingerprint density at radius 1 is 1.30 bits per heavy atom. The Morgan fingerprint density at radius 2 is 2.15 bits per heavy atom. The van der Waals surface area contributed by atoms with Crippen LogP contribution in [-0.4, -0.2) is 9.55 Å². The lowest BCUT2D eigenvalue weighted by atomic mass is 9.94. The third-order valence-corrected chi connectivity index (χ3v) is 4.10. The van der Waals surface area contributed by atoms with Crippen LogP contribution in [0.25, 0.3) is 0 Å². The van der Waals surface area contributed by atoms with Crippen LogP contribution in [-0.2, 0) is 13.0 Å². The minimum atomic E-state index is 0.572. The van der Waals surface area contributed by atoms with E-state index >= 15 is 0 Å². The number of aromatic nitrogens is 2. The molecule has 0 fully saturated rings. The molecular weight excluding hydrogens is 291 g/mol. The molecule has 1 aromatic carbocycles. The van der Waals surface area contributed by atoms with Crippen LogP contribution in [0.5, 0.6) is 0 Å². The first kappa shape index (κ1) is 15.4. The lowest BCUT2D eigenvalue weighted by Gasteiger charge is -2.18. The van der Waals surface area contributed by atoms with Crippen molar-refractivity contribution in [1.82, 2.24) is 9.55 Å². The number of rotatable bonds is 7. The highest BCUT2D eigenvalue weighted by atomic mass is 35.5. The van der Waals surface area contributed by atoms with E-state index in [1.807, 2.05) is 36.9 Å². The molecule has 0 saturated heterocycles. The third-order valence-electron chi connectivity index (χ3n) is 3.52. The van der Waals surface area contributed by atoms with Crippen LogP contribution in [0.15, 0.2) is 36.9 Å². The number of hydrogen-bond acceptors (Lipinski definition) is 1. The molecule has 2 nitrogen and oxygen atoms in total. The molecule has 20 heavy (non-hydrogen) atoms. The summed E-state index contributed by atoms with van der Waals surface area (Å²) in [5.41, 5.74) is 1.18. The molecule has 1 aromatic heterocycles. The van der Waals surface area contributed by atoms with Crippen LogP contribution in [0.3, 0.4) is 0 Å². The highest BCUT2D eigenvalue weighted by Gasteiger charge is 2.12. The number of unbranched alkanes of at least 4 members (excludes halogenated alkanes) is 1. The van der Waals surface area contributed by atoms with Crippen LogP contribution in [0, 0.1) is 5.92 Å². The van der Waals surface area contributed by atoms with Crippen molar-refractivity contribution in [2.24, 2.45) is 5.92 Å². The van der Waals surface area contributed by atoms with E-state index in [1.54, 1.807) is 0 Å². The van der Waals surface area contributed by atoms with Gasteiger partial charge in [0.2, 0.25) is 0 Å². The molecule has 2 aromatic rings. The number of imidazole rings is 1. The first-order valence-electron chi connectivity index (χ1n) is 7.08. The predicted molar refractivity (Wildman–Crippen MR) is 85.4 cm³/mol. The van der Waals surface area contributed by atoms with Gasteiger partial charge in [-0.1, -0.05) is 49.0 Å². The highest BCUT2D eigenvalue weighted by Crippen LogP contribution is 2.25. The SMILES string of the molecule is CCCCC(Cc1ccc(Cl)cc1Cl)Cn1ccnc1. The first-order valence-corrected chi connectivity index (χ1v) is 7.84. The molecular formula is C16H20Cl2N2. The molecule has 0 amide bonds. The molecule has 1 atom stereocenters. The summed E-state index contributed by atoms with van der Waals surface area (Å²) in [7, 11) is 0. The maximum absolute atomic E-state index is 6.29. The zero-order valence-corrected chi connectivity index (χ0v) is 13.2. The number of hydrogen-bond donors (Lipinski definition) is 0. The van der Waals surface area contributed by atoms with Gasteiger partial charge in [-0.15, -0.1) is 0 Å². The summed E-state index contributed by atoms with van der Waals surface area (Å²) in [4.78, 5) is 4.11. The summed E-state index contributed by atoms with van der Waals surface area (Å²) in [6, 6.07) is 5.78. The largest absolute Gasteiger partial charge is 0.337 e. The molecule has 0 aliphatic carbocycles. The second-order valence-corrected chi connectivity index (χ2v) is 6.05. The first-order chi connectivity index (χ1) is 9.69. The zero-order valence-electron chi connectivity index (χ0n) is 11.7. The summed E-state index contributed by atoms with van der Waals surface area (Å²) in [6.45, 7) is 3.21. The quantitative estimate of drug-likeness (QED) is 0.684. The van der Waals surface area contributed by atoms with Crippen molar-refractivity contribution >= 4 is 23.2 Å². The highest BCUT2D eigenvalue weighted by molar-refractivity contribution is 6.35. The van der Waals surface area contributed by atoms with Gasteiger partial charge in [-0.3, -0.25) is 0 Å². The maximum Gasteiger partial charge on any atom is 0.0945 e. The van der Waals surface area contributed by atoms with Crippen molar-refractivity contribution in [3.8, 4) is 0 Å². The fraction of sp³-hybridized carbons (Fsp3) is 0.438. The Bertz CT molecular complexity index is 523. The van der Waals surface area contributed by atoms with Crippen LogP contribution in [0.2, 0.25) is 10.0 Å². The Hall–Kier alpha value is -0.990. The standard InChI is InChI=1S/C16H20Cl2N2/c1-2-3-4-13(11-20-8-7-19-12-20)9-14-5-6-15(17)10-16(14)18/h5-8,10,12-13H,2-4,9,11H2,1H3. The van der Waals surface area contributed by atoms with Gasteiger partial charge in [-0.25, -0.2) is 4.98 Å². The molecule has 0 aliphatic rings. The molecule has 0 radical (unpaired) electrons. The summed E-state index contributed by atoms with van der Waals surface area (Å²) in [5.74, 6) is 0.572. The summed E-state index contributed by atoms with van der Waals surface area (Å²) >= 11 is 12.2. The Morgan fingerprint density at radius 3 is 2.80 bits per heavy atom. The minimum absolute atomic E-state index is 0.572. The van der Waals surface area contributed by atoms with Crippen LogP contribution in [0.1, 0.15) is 31.7 Å². The van der Waals surface area contributed by atoms with Crippen molar-refractivity contribution in [3.05, 3.63) is 52.5 Å². The lowest BCUT2D eigenvalue weighted by Crippen LogP contribution is -2.13. The third kappa shape index (κ3) is 4.53. The Kier molecular flexibility index (Phi) is 5.93. The molecule has 0 N–H and O–H groups in total. The normalized spacial score (nSPS) is 12.6. The van der Waals surface area contributed by atoms with E-state index < -0.39 is 0 Å². The van der Waals surface area contributed by atoms with Crippen molar-refractivity contribution in [1.29, 1.82) is 0 Å². The summed E-state index contributed by atoms with van der Waals surface area (Å²) in [5, 5.41) is 1.46. The maximum atomic E-state index is 6.29. The van der Waals surface area contributed by atoms with Gasteiger partial charge in [-0.05, 0) is 36.5 Å². The molecule has 1 heterocycles. The smallest absolute Gasteiger partial charge is 0.0945 e. The van der Waals surface area contributed by atoms with E-state index in [9.17, 15) is 0 Å². The van der Waals surface area contributed by atoms with Crippen molar-refractivity contribution in [3.63, 3.8) is 0 Å². The van der Waals surface area contributed by atoms with Crippen molar-refractivity contribution in [2.45, 2.75) is 39.2 Å². The van der Waals surface area contributed by atoms with Crippen molar-refractivity contribution < 1.29 is 0 Å². The van der Waals surface area contributed by atoms with Gasteiger partial charge in [0, 0.05) is 29.0 Å². The summed E-state index contributed by atoms with van der Waals surface area (Å²) < 4.78 is 2.14. The fourth-order valence-electron chi connectivity index (χ4n) is 2.44. The molecule has 0 bridgehead atoms. The topological polar surface area (TPSA) is 17.8 Å². The molecule has 0 saturated carbocycles. The van der Waals surface area contributed by atoms with Crippen LogP contribution >= 0.6 is 23.2 Å². The zero-order chi connectivity index (χ0) is 14.4. The van der Waals surface area contributed by atoms with Crippen LogP contribution < -0.4 is 0 Å². The number of nitrogens with zero attached hydrogens (tertiary/aromatic N) is 2. The molecule has 2 rings (SSSR count). The van der Waals surface area contributed by atoms with Gasteiger partial charge in [0.25, 0.3) is 0 Å². The minimum Gasteiger partial charge on any atom is -0.337 e. The van der Waals surface area contributed by atoms with Gasteiger partial charge in [0.05, 0.1) is 6.33 Å². The van der Waals surface area contributed by atoms with E-state index in [1.165, 1.54) is 24.8 Å². The fourth-order valence-corrected chi connectivity index (χ4v) is 2.93. The number of benzene rings is 1. The molecule has 4 heteroatoms. The molecule has 0 spiro atoms. The van der Waals surface area contributed by atoms with Gasteiger partial charge < -0.3 is 4.57 Å². The van der Waals surface area contributed by atoms with E-state index in [0.717, 1.165) is 18.0 Å². The van der Waals surface area contributed by atoms with E-state index in [4.69, 9.17) is 23.2 Å². The van der Waals surface area contributed by atoms with E-state index in [0.29, 0.717) is 10.9 Å². The second-order valence-electron chi connectivity index (χ2n) is 5.21. The lowest BCUT2D eigenvalue weighted by molar-refractivity contribution is 0.399. The van der Waals surface area contributed by atoms with Crippen LogP contribution in [0.4, 0.5) is 0 Å². The van der Waals surface area contributed by atoms with E-state index in [2.05, 4.69) is 16.5 Å². The Balaban J connectivity index is 2.06. The van der Waals surface area contributed by atoms with Gasteiger partial charge in [0.1, 0.15) is 0 Å².